The Kier molecular flexibility index (Phi) is 5.53. The van der Waals surface area contributed by atoms with E-state index in [1.165, 1.54) is 24.3 Å². The van der Waals surface area contributed by atoms with Crippen LogP contribution in [0.2, 0.25) is 5.02 Å². The molecule has 4 heteroatoms. The predicted octanol–water partition coefficient (Wildman–Crippen LogP) is 6.57. The zero-order chi connectivity index (χ0) is 17.0. The standard InChI is InChI=1S/C19H18ClF3/c1-3-14-4-6-15(7-5-14)8-9-18(19(21,22)23)16-10-13(2)11-17(20)12-16/h4-12,18H,3H2,1-2H3/b9-8+. The average molecular weight is 339 g/mol. The van der Waals surface area contributed by atoms with Gasteiger partial charge in [-0.05, 0) is 47.7 Å². The van der Waals surface area contributed by atoms with Crippen molar-refractivity contribution < 1.29 is 13.2 Å². The van der Waals surface area contributed by atoms with Crippen molar-refractivity contribution in [3.8, 4) is 0 Å². The fourth-order valence-corrected chi connectivity index (χ4v) is 2.72. The fourth-order valence-electron chi connectivity index (χ4n) is 2.43. The van der Waals surface area contributed by atoms with Crippen molar-refractivity contribution in [2.45, 2.75) is 32.4 Å². The molecule has 2 aromatic carbocycles. The lowest BCUT2D eigenvalue weighted by molar-refractivity contribution is -0.139. The summed E-state index contributed by atoms with van der Waals surface area (Å²) in [6.45, 7) is 3.77. The summed E-state index contributed by atoms with van der Waals surface area (Å²) in [4.78, 5) is 0. The molecule has 0 nitrogen and oxygen atoms in total. The van der Waals surface area contributed by atoms with Gasteiger partial charge in [0.05, 0.1) is 5.92 Å². The highest BCUT2D eigenvalue weighted by molar-refractivity contribution is 6.30. The molecule has 0 bridgehead atoms. The van der Waals surface area contributed by atoms with E-state index in [4.69, 9.17) is 11.6 Å². The summed E-state index contributed by atoms with van der Waals surface area (Å²) >= 11 is 5.90. The lowest BCUT2D eigenvalue weighted by Gasteiger charge is -2.18. The molecule has 0 N–H and O–H groups in total. The highest BCUT2D eigenvalue weighted by atomic mass is 35.5. The monoisotopic (exact) mass is 338 g/mol. The molecule has 0 aliphatic rings. The molecule has 0 heterocycles. The Balaban J connectivity index is 2.33. The van der Waals surface area contributed by atoms with E-state index in [0.29, 0.717) is 10.6 Å². The summed E-state index contributed by atoms with van der Waals surface area (Å²) in [5, 5.41) is 0.315. The SMILES string of the molecule is CCc1ccc(/C=C/C(c2cc(C)cc(Cl)c2)C(F)(F)F)cc1. The van der Waals surface area contributed by atoms with Gasteiger partial charge in [-0.25, -0.2) is 0 Å². The molecule has 0 amide bonds. The Hall–Kier alpha value is -1.74. The summed E-state index contributed by atoms with van der Waals surface area (Å²) in [6.07, 6.45) is -0.770. The van der Waals surface area contributed by atoms with E-state index >= 15 is 0 Å². The molecule has 0 aliphatic heterocycles. The first-order valence-electron chi connectivity index (χ1n) is 7.40. The van der Waals surface area contributed by atoms with Crippen LogP contribution in [0.1, 0.15) is 35.1 Å². The zero-order valence-electron chi connectivity index (χ0n) is 13.0. The van der Waals surface area contributed by atoms with E-state index in [9.17, 15) is 13.2 Å². The highest BCUT2D eigenvalue weighted by Crippen LogP contribution is 2.37. The maximum Gasteiger partial charge on any atom is 0.399 e. The highest BCUT2D eigenvalue weighted by Gasteiger charge is 2.39. The minimum absolute atomic E-state index is 0.156. The summed E-state index contributed by atoms with van der Waals surface area (Å²) in [5.74, 6) is -1.68. The smallest absolute Gasteiger partial charge is 0.170 e. The van der Waals surface area contributed by atoms with Gasteiger partial charge in [0.15, 0.2) is 0 Å². The van der Waals surface area contributed by atoms with Crippen LogP contribution in [0.3, 0.4) is 0 Å². The first-order chi connectivity index (χ1) is 10.8. The van der Waals surface area contributed by atoms with Gasteiger partial charge in [-0.3, -0.25) is 0 Å². The van der Waals surface area contributed by atoms with Crippen molar-refractivity contribution in [3.05, 3.63) is 75.8 Å². The van der Waals surface area contributed by atoms with E-state index in [2.05, 4.69) is 0 Å². The van der Waals surface area contributed by atoms with Crippen LogP contribution in [0.5, 0.6) is 0 Å². The molecule has 2 rings (SSSR count). The predicted molar refractivity (Wildman–Crippen MR) is 89.8 cm³/mol. The second-order valence-electron chi connectivity index (χ2n) is 5.54. The van der Waals surface area contributed by atoms with Gasteiger partial charge in [-0.2, -0.15) is 13.2 Å². The summed E-state index contributed by atoms with van der Waals surface area (Å²) in [7, 11) is 0. The maximum atomic E-state index is 13.4. The van der Waals surface area contributed by atoms with Crippen LogP contribution in [0, 0.1) is 6.92 Å². The average Bonchev–Trinajstić information content (AvgIpc) is 2.45. The molecule has 2 aromatic rings. The number of hydrogen-bond donors (Lipinski definition) is 0. The first-order valence-corrected chi connectivity index (χ1v) is 7.78. The molecule has 23 heavy (non-hydrogen) atoms. The van der Waals surface area contributed by atoms with Crippen molar-refractivity contribution in [3.63, 3.8) is 0 Å². The van der Waals surface area contributed by atoms with Gasteiger partial charge in [-0.1, -0.05) is 61.0 Å². The Morgan fingerprint density at radius 2 is 1.74 bits per heavy atom. The van der Waals surface area contributed by atoms with Crippen LogP contribution in [0.15, 0.2) is 48.5 Å². The van der Waals surface area contributed by atoms with Crippen molar-refractivity contribution in [2.75, 3.05) is 0 Å². The maximum absolute atomic E-state index is 13.4. The zero-order valence-corrected chi connectivity index (χ0v) is 13.7. The van der Waals surface area contributed by atoms with Crippen molar-refractivity contribution >= 4 is 17.7 Å². The third-order valence-corrected chi connectivity index (χ3v) is 3.86. The Labute approximate surface area is 139 Å². The normalized spacial score (nSPS) is 13.5. The van der Waals surface area contributed by atoms with Crippen molar-refractivity contribution in [1.82, 2.24) is 0 Å². The molecule has 0 saturated heterocycles. The molecule has 0 aromatic heterocycles. The summed E-state index contributed by atoms with van der Waals surface area (Å²) in [6, 6.07) is 12.0. The van der Waals surface area contributed by atoms with Gasteiger partial charge < -0.3 is 0 Å². The number of hydrogen-bond acceptors (Lipinski definition) is 0. The molecule has 0 aliphatic carbocycles. The number of aryl methyl sites for hydroxylation is 2. The first kappa shape index (κ1) is 17.6. The quantitative estimate of drug-likeness (QED) is 0.591. The van der Waals surface area contributed by atoms with Crippen LogP contribution >= 0.6 is 11.6 Å². The van der Waals surface area contributed by atoms with E-state index in [1.807, 2.05) is 31.2 Å². The third-order valence-electron chi connectivity index (χ3n) is 3.65. The molecule has 0 fully saturated rings. The third kappa shape index (κ3) is 4.87. The largest absolute Gasteiger partial charge is 0.399 e. The van der Waals surface area contributed by atoms with Crippen LogP contribution in [-0.4, -0.2) is 6.18 Å². The topological polar surface area (TPSA) is 0 Å². The van der Waals surface area contributed by atoms with Crippen LogP contribution in [0.25, 0.3) is 6.08 Å². The molecular weight excluding hydrogens is 321 g/mol. The lowest BCUT2D eigenvalue weighted by atomic mass is 9.95. The second-order valence-corrected chi connectivity index (χ2v) is 5.97. The van der Waals surface area contributed by atoms with E-state index in [0.717, 1.165) is 17.5 Å². The molecule has 122 valence electrons. The van der Waals surface area contributed by atoms with Gasteiger partial charge in [-0.15, -0.1) is 0 Å². The molecule has 0 saturated carbocycles. The van der Waals surface area contributed by atoms with Crippen LogP contribution < -0.4 is 0 Å². The van der Waals surface area contributed by atoms with Crippen LogP contribution in [-0.2, 0) is 6.42 Å². The minimum Gasteiger partial charge on any atom is -0.170 e. The number of alkyl halides is 3. The summed E-state index contributed by atoms with van der Waals surface area (Å²) < 4.78 is 40.2. The number of rotatable bonds is 4. The minimum atomic E-state index is -4.36. The number of allylic oxidation sites excluding steroid dienone is 1. The molecular formula is C19H18ClF3. The Morgan fingerprint density at radius 1 is 1.09 bits per heavy atom. The van der Waals surface area contributed by atoms with Gasteiger partial charge in [0.1, 0.15) is 0 Å². The molecule has 1 unspecified atom stereocenters. The fraction of sp³-hybridized carbons (Fsp3) is 0.263. The number of benzene rings is 2. The molecule has 0 spiro atoms. The van der Waals surface area contributed by atoms with E-state index < -0.39 is 12.1 Å². The second kappa shape index (κ2) is 7.22. The van der Waals surface area contributed by atoms with Gasteiger partial charge in [0.2, 0.25) is 0 Å². The van der Waals surface area contributed by atoms with Gasteiger partial charge in [0, 0.05) is 5.02 Å². The summed E-state index contributed by atoms with van der Waals surface area (Å²) in [5.41, 5.74) is 2.77. The van der Waals surface area contributed by atoms with Gasteiger partial charge >= 0.3 is 6.18 Å². The molecule has 1 atom stereocenters. The number of halogens is 4. The Morgan fingerprint density at radius 3 is 2.26 bits per heavy atom. The van der Waals surface area contributed by atoms with Crippen LogP contribution in [0.4, 0.5) is 13.2 Å². The van der Waals surface area contributed by atoms with Gasteiger partial charge in [0.25, 0.3) is 0 Å². The van der Waals surface area contributed by atoms with E-state index in [1.54, 1.807) is 13.0 Å². The van der Waals surface area contributed by atoms with Crippen molar-refractivity contribution in [2.24, 2.45) is 0 Å². The Bertz CT molecular complexity index is 665. The van der Waals surface area contributed by atoms with E-state index in [-0.39, 0.29) is 5.56 Å². The van der Waals surface area contributed by atoms with Crippen molar-refractivity contribution in [1.29, 1.82) is 0 Å². The lowest BCUT2D eigenvalue weighted by Crippen LogP contribution is -2.19. The molecule has 0 radical (unpaired) electrons.